The van der Waals surface area contributed by atoms with Crippen molar-refractivity contribution >= 4 is 23.3 Å². The van der Waals surface area contributed by atoms with Gasteiger partial charge < -0.3 is 10.1 Å². The maximum atomic E-state index is 11.6. The summed E-state index contributed by atoms with van der Waals surface area (Å²) in [6.45, 7) is 4.30. The number of aryl methyl sites for hydroxylation is 1. The number of benzene rings is 1. The summed E-state index contributed by atoms with van der Waals surface area (Å²) in [6, 6.07) is 4.82. The van der Waals surface area contributed by atoms with Gasteiger partial charge in [-0.05, 0) is 31.5 Å². The van der Waals surface area contributed by atoms with Crippen LogP contribution >= 0.6 is 0 Å². The molecule has 0 saturated carbocycles. The average Bonchev–Trinajstić information content (AvgIpc) is 2.28. The molecule has 0 atom stereocenters. The van der Waals surface area contributed by atoms with E-state index in [1.165, 1.54) is 19.9 Å². The molecule has 0 fully saturated rings. The van der Waals surface area contributed by atoms with Gasteiger partial charge in [-0.15, -0.1) is 0 Å². The SMILES string of the molecule is CC(=O)COC(=O)c1ccc(C)c(NC(C)=O)c1. The zero-order chi connectivity index (χ0) is 13.7. The molecule has 0 radical (unpaired) electrons. The highest BCUT2D eigenvalue weighted by Crippen LogP contribution is 2.17. The van der Waals surface area contributed by atoms with Gasteiger partial charge in [-0.1, -0.05) is 6.07 Å². The topological polar surface area (TPSA) is 72.5 Å². The van der Waals surface area contributed by atoms with Crippen LogP contribution in [0.25, 0.3) is 0 Å². The molecular formula is C13H15NO4. The van der Waals surface area contributed by atoms with Gasteiger partial charge in [0.1, 0.15) is 6.61 Å². The number of hydrogen-bond acceptors (Lipinski definition) is 4. The molecule has 0 aromatic heterocycles. The van der Waals surface area contributed by atoms with Crippen molar-refractivity contribution in [1.29, 1.82) is 0 Å². The van der Waals surface area contributed by atoms with Crippen LogP contribution in [0.4, 0.5) is 5.69 Å². The number of ether oxygens (including phenoxy) is 1. The summed E-state index contributed by atoms with van der Waals surface area (Å²) in [6.07, 6.45) is 0. The van der Waals surface area contributed by atoms with Crippen molar-refractivity contribution in [1.82, 2.24) is 0 Å². The third-order valence-electron chi connectivity index (χ3n) is 2.19. The number of carbonyl (C=O) groups excluding carboxylic acids is 3. The van der Waals surface area contributed by atoms with Gasteiger partial charge in [0.15, 0.2) is 5.78 Å². The Balaban J connectivity index is 2.86. The Bertz CT molecular complexity index is 494. The number of anilines is 1. The molecule has 96 valence electrons. The minimum absolute atomic E-state index is 0.215. The van der Waals surface area contributed by atoms with Crippen LogP contribution in [-0.4, -0.2) is 24.3 Å². The number of amides is 1. The predicted octanol–water partition coefficient (Wildman–Crippen LogP) is 1.70. The molecule has 0 aliphatic carbocycles. The Labute approximate surface area is 105 Å². The number of rotatable bonds is 4. The van der Waals surface area contributed by atoms with Crippen molar-refractivity contribution in [3.8, 4) is 0 Å². The van der Waals surface area contributed by atoms with Crippen molar-refractivity contribution in [2.24, 2.45) is 0 Å². The van der Waals surface area contributed by atoms with E-state index in [4.69, 9.17) is 4.74 Å². The Morgan fingerprint density at radius 2 is 1.89 bits per heavy atom. The molecule has 0 aliphatic heterocycles. The normalized spacial score (nSPS) is 9.72. The second-order valence-electron chi connectivity index (χ2n) is 3.99. The van der Waals surface area contributed by atoms with Gasteiger partial charge in [-0.3, -0.25) is 9.59 Å². The average molecular weight is 249 g/mol. The first-order valence-electron chi connectivity index (χ1n) is 5.45. The minimum Gasteiger partial charge on any atom is -0.454 e. The van der Waals surface area contributed by atoms with E-state index in [9.17, 15) is 14.4 Å². The zero-order valence-corrected chi connectivity index (χ0v) is 10.6. The molecule has 0 bridgehead atoms. The van der Waals surface area contributed by atoms with E-state index in [1.807, 2.05) is 6.92 Å². The van der Waals surface area contributed by atoms with Crippen LogP contribution in [0.15, 0.2) is 18.2 Å². The fourth-order valence-corrected chi connectivity index (χ4v) is 1.32. The second-order valence-corrected chi connectivity index (χ2v) is 3.99. The number of carbonyl (C=O) groups is 3. The lowest BCUT2D eigenvalue weighted by Crippen LogP contribution is -2.13. The summed E-state index contributed by atoms with van der Waals surface area (Å²) >= 11 is 0. The number of nitrogens with one attached hydrogen (secondary N) is 1. The molecule has 1 rings (SSSR count). The fourth-order valence-electron chi connectivity index (χ4n) is 1.32. The largest absolute Gasteiger partial charge is 0.454 e. The first-order chi connectivity index (χ1) is 8.40. The van der Waals surface area contributed by atoms with E-state index in [-0.39, 0.29) is 18.3 Å². The Hall–Kier alpha value is -2.17. The molecule has 18 heavy (non-hydrogen) atoms. The highest BCUT2D eigenvalue weighted by Gasteiger charge is 2.10. The molecule has 5 heteroatoms. The lowest BCUT2D eigenvalue weighted by atomic mass is 10.1. The van der Waals surface area contributed by atoms with Gasteiger partial charge in [-0.25, -0.2) is 4.79 Å². The molecule has 0 aliphatic rings. The minimum atomic E-state index is -0.586. The van der Waals surface area contributed by atoms with Crippen molar-refractivity contribution in [2.45, 2.75) is 20.8 Å². The van der Waals surface area contributed by atoms with Crippen LogP contribution in [0.1, 0.15) is 29.8 Å². The maximum absolute atomic E-state index is 11.6. The van der Waals surface area contributed by atoms with Crippen LogP contribution in [0.2, 0.25) is 0 Å². The van der Waals surface area contributed by atoms with Crippen molar-refractivity contribution in [3.05, 3.63) is 29.3 Å². The standard InChI is InChI=1S/C13H15NO4/c1-8-4-5-11(6-12(8)14-10(3)16)13(17)18-7-9(2)15/h4-6H,7H2,1-3H3,(H,14,16). The molecule has 1 amide bonds. The van der Waals surface area contributed by atoms with E-state index in [1.54, 1.807) is 12.1 Å². The fraction of sp³-hybridized carbons (Fsp3) is 0.308. The van der Waals surface area contributed by atoms with Gasteiger partial charge in [-0.2, -0.15) is 0 Å². The second kappa shape index (κ2) is 5.95. The Morgan fingerprint density at radius 3 is 2.44 bits per heavy atom. The van der Waals surface area contributed by atoms with E-state index < -0.39 is 5.97 Å². The molecule has 1 N–H and O–H groups in total. The summed E-state index contributed by atoms with van der Waals surface area (Å²) in [5.41, 5.74) is 1.69. The molecule has 5 nitrogen and oxygen atoms in total. The summed E-state index contributed by atoms with van der Waals surface area (Å²) < 4.78 is 4.79. The molecule has 0 heterocycles. The quantitative estimate of drug-likeness (QED) is 0.824. The predicted molar refractivity (Wildman–Crippen MR) is 66.4 cm³/mol. The number of esters is 1. The molecule has 1 aromatic rings. The van der Waals surface area contributed by atoms with E-state index in [0.717, 1.165) is 5.56 Å². The van der Waals surface area contributed by atoms with Gasteiger partial charge in [0, 0.05) is 12.6 Å². The highest BCUT2D eigenvalue weighted by atomic mass is 16.5. The Morgan fingerprint density at radius 1 is 1.22 bits per heavy atom. The van der Waals surface area contributed by atoms with Crippen molar-refractivity contribution in [2.75, 3.05) is 11.9 Å². The van der Waals surface area contributed by atoms with E-state index in [0.29, 0.717) is 11.3 Å². The van der Waals surface area contributed by atoms with Crippen LogP contribution in [0.3, 0.4) is 0 Å². The lowest BCUT2D eigenvalue weighted by Gasteiger charge is -2.08. The first-order valence-corrected chi connectivity index (χ1v) is 5.45. The van der Waals surface area contributed by atoms with Gasteiger partial charge in [0.05, 0.1) is 5.56 Å². The highest BCUT2D eigenvalue weighted by molar-refractivity contribution is 5.95. The molecule has 1 aromatic carbocycles. The smallest absolute Gasteiger partial charge is 0.338 e. The third-order valence-corrected chi connectivity index (χ3v) is 2.19. The monoisotopic (exact) mass is 249 g/mol. The van der Waals surface area contributed by atoms with E-state index >= 15 is 0 Å². The number of hydrogen-bond donors (Lipinski definition) is 1. The van der Waals surface area contributed by atoms with E-state index in [2.05, 4.69) is 5.32 Å². The Kier molecular flexibility index (Phi) is 4.59. The van der Waals surface area contributed by atoms with Crippen LogP contribution in [0.5, 0.6) is 0 Å². The first kappa shape index (κ1) is 13.9. The zero-order valence-electron chi connectivity index (χ0n) is 10.6. The number of ketones is 1. The van der Waals surface area contributed by atoms with Gasteiger partial charge in [0.2, 0.25) is 5.91 Å². The lowest BCUT2D eigenvalue weighted by molar-refractivity contribution is -0.120. The van der Waals surface area contributed by atoms with Crippen LogP contribution in [0, 0.1) is 6.92 Å². The molecule has 0 saturated heterocycles. The molecule has 0 spiro atoms. The van der Waals surface area contributed by atoms with Crippen molar-refractivity contribution in [3.63, 3.8) is 0 Å². The summed E-state index contributed by atoms with van der Waals surface area (Å²) in [5.74, 6) is -1.03. The molecular weight excluding hydrogens is 234 g/mol. The van der Waals surface area contributed by atoms with Crippen LogP contribution < -0.4 is 5.32 Å². The molecule has 0 unspecified atom stereocenters. The summed E-state index contributed by atoms with van der Waals surface area (Å²) in [4.78, 5) is 33.3. The summed E-state index contributed by atoms with van der Waals surface area (Å²) in [5, 5.41) is 2.62. The van der Waals surface area contributed by atoms with Gasteiger partial charge >= 0.3 is 5.97 Å². The maximum Gasteiger partial charge on any atom is 0.338 e. The van der Waals surface area contributed by atoms with Gasteiger partial charge in [0.25, 0.3) is 0 Å². The summed E-state index contributed by atoms with van der Waals surface area (Å²) in [7, 11) is 0. The van der Waals surface area contributed by atoms with Crippen molar-refractivity contribution < 1.29 is 19.1 Å². The van der Waals surface area contributed by atoms with Crippen LogP contribution in [-0.2, 0) is 14.3 Å². The number of Topliss-reactive ketones (excluding diaryl/α,β-unsaturated/α-hetero) is 1. The third kappa shape index (κ3) is 4.01.